The Hall–Kier alpha value is -3.45. The second kappa shape index (κ2) is 14.5. The molecule has 0 saturated carbocycles. The Balaban J connectivity index is 1.67. The topological polar surface area (TPSA) is 112 Å². The standard InChI is InChI=1S/C33H26Br2IN3O6S/c1-5-44-32(41)28-17(2)38-33-39(29(28)22-13-25(42-3)26(43-4)14-23(22)35)31(40)27(46-33)11-20-10-21(34)12-24(36)30(20)45-16-19-8-6-18(15-37)7-9-19/h6-14,29H,5,16H2,1-4H3/b27-11-/t29-/m1/s1. The van der Waals surface area contributed by atoms with Crippen molar-refractivity contribution in [2.45, 2.75) is 26.5 Å². The van der Waals surface area contributed by atoms with Crippen molar-refractivity contribution < 1.29 is 23.7 Å². The van der Waals surface area contributed by atoms with Crippen LogP contribution in [0.15, 0.2) is 78.5 Å². The fourth-order valence-electron chi connectivity index (χ4n) is 4.98. The van der Waals surface area contributed by atoms with E-state index in [1.54, 1.807) is 44.2 Å². The highest BCUT2D eigenvalue weighted by Gasteiger charge is 2.35. The van der Waals surface area contributed by atoms with Crippen LogP contribution in [0.25, 0.3) is 6.08 Å². The van der Waals surface area contributed by atoms with Gasteiger partial charge in [0, 0.05) is 14.5 Å². The molecule has 0 fully saturated rings. The number of fused-ring (bicyclic) bond motifs is 1. The van der Waals surface area contributed by atoms with Gasteiger partial charge in [0.15, 0.2) is 16.3 Å². The number of hydrogen-bond donors (Lipinski definition) is 0. The molecule has 13 heteroatoms. The van der Waals surface area contributed by atoms with E-state index in [1.807, 2.05) is 24.3 Å². The van der Waals surface area contributed by atoms with Crippen molar-refractivity contribution in [3.8, 4) is 23.3 Å². The predicted molar refractivity (Wildman–Crippen MR) is 190 cm³/mol. The van der Waals surface area contributed by atoms with Crippen molar-refractivity contribution in [3.63, 3.8) is 0 Å². The lowest BCUT2D eigenvalue weighted by atomic mass is 9.95. The van der Waals surface area contributed by atoms with Crippen LogP contribution in [0.3, 0.4) is 0 Å². The Morgan fingerprint density at radius 3 is 2.48 bits per heavy atom. The number of ether oxygens (including phenoxy) is 4. The summed E-state index contributed by atoms with van der Waals surface area (Å²) in [6, 6.07) is 15.7. The predicted octanol–water partition coefficient (Wildman–Crippen LogP) is 6.40. The maximum absolute atomic E-state index is 14.3. The molecule has 1 aliphatic heterocycles. The zero-order valence-electron chi connectivity index (χ0n) is 25.0. The number of hydrogen-bond acceptors (Lipinski definition) is 9. The van der Waals surface area contributed by atoms with Crippen LogP contribution in [-0.2, 0) is 16.1 Å². The summed E-state index contributed by atoms with van der Waals surface area (Å²) in [4.78, 5) is 32.8. The Kier molecular flexibility index (Phi) is 10.7. The molecular weight excluding hydrogens is 853 g/mol. The Morgan fingerprint density at radius 2 is 1.83 bits per heavy atom. The van der Waals surface area contributed by atoms with E-state index in [-0.39, 0.29) is 24.3 Å². The number of benzene rings is 3. The molecule has 1 atom stereocenters. The molecule has 0 aliphatic carbocycles. The first-order valence-electron chi connectivity index (χ1n) is 13.8. The normalized spacial score (nSPS) is 14.3. The van der Waals surface area contributed by atoms with Gasteiger partial charge in [-0.05, 0) is 90.0 Å². The summed E-state index contributed by atoms with van der Waals surface area (Å²) < 4.78 is 26.9. The van der Waals surface area contributed by atoms with E-state index in [9.17, 15) is 9.59 Å². The van der Waals surface area contributed by atoms with Crippen molar-refractivity contribution >= 4 is 77.8 Å². The van der Waals surface area contributed by atoms with E-state index in [4.69, 9.17) is 24.2 Å². The van der Waals surface area contributed by atoms with E-state index < -0.39 is 12.0 Å². The minimum Gasteiger partial charge on any atom is -0.493 e. The van der Waals surface area contributed by atoms with Crippen LogP contribution in [0.2, 0.25) is 0 Å². The molecule has 236 valence electrons. The number of nitrogens with zero attached hydrogens (tertiary/aromatic N) is 3. The number of methoxy groups -OCH3 is 2. The second-order valence-corrected chi connectivity index (χ2v) is 13.9. The van der Waals surface area contributed by atoms with Crippen LogP contribution in [0.4, 0.5) is 0 Å². The van der Waals surface area contributed by atoms with Gasteiger partial charge in [-0.2, -0.15) is 5.26 Å². The number of carbonyl (C=O) groups is 1. The van der Waals surface area contributed by atoms with Gasteiger partial charge in [-0.25, -0.2) is 9.79 Å². The summed E-state index contributed by atoms with van der Waals surface area (Å²) in [6.45, 7) is 3.88. The minimum atomic E-state index is -0.860. The summed E-state index contributed by atoms with van der Waals surface area (Å²) in [5.41, 5.74) is 3.11. The number of rotatable bonds is 9. The third-order valence-electron chi connectivity index (χ3n) is 7.10. The first-order chi connectivity index (χ1) is 22.1. The molecular formula is C33H26Br2IN3O6S. The largest absolute Gasteiger partial charge is 0.493 e. The molecule has 0 unspecified atom stereocenters. The minimum absolute atomic E-state index is 0.159. The number of nitriles is 1. The van der Waals surface area contributed by atoms with Crippen LogP contribution >= 0.6 is 65.8 Å². The number of halogens is 3. The van der Waals surface area contributed by atoms with E-state index in [2.05, 4.69) is 65.5 Å². The smallest absolute Gasteiger partial charge is 0.338 e. The lowest BCUT2D eigenvalue weighted by Gasteiger charge is -2.26. The fraction of sp³-hybridized carbons (Fsp3) is 0.212. The van der Waals surface area contributed by atoms with Crippen molar-refractivity contribution in [1.29, 1.82) is 5.26 Å². The van der Waals surface area contributed by atoms with E-state index in [0.717, 1.165) is 13.6 Å². The molecule has 0 amide bonds. The number of esters is 1. The van der Waals surface area contributed by atoms with Crippen LogP contribution in [0.1, 0.15) is 42.1 Å². The van der Waals surface area contributed by atoms with Gasteiger partial charge in [-0.1, -0.05) is 55.3 Å². The van der Waals surface area contributed by atoms with Gasteiger partial charge in [-0.3, -0.25) is 9.36 Å². The molecule has 0 radical (unpaired) electrons. The molecule has 2 heterocycles. The lowest BCUT2D eigenvalue weighted by Crippen LogP contribution is -2.40. The molecule has 5 rings (SSSR count). The third kappa shape index (κ3) is 6.80. The molecule has 1 aromatic heterocycles. The van der Waals surface area contributed by atoms with E-state index >= 15 is 0 Å². The summed E-state index contributed by atoms with van der Waals surface area (Å²) >= 11 is 10.6. The number of allylic oxidation sites excluding steroid dienone is 1. The Morgan fingerprint density at radius 1 is 1.13 bits per heavy atom. The van der Waals surface area contributed by atoms with Crippen LogP contribution < -0.4 is 29.1 Å². The quantitative estimate of drug-likeness (QED) is 0.142. The fourth-order valence-corrected chi connectivity index (χ4v) is 8.26. The molecule has 4 aromatic rings. The first-order valence-corrected chi connectivity index (χ1v) is 17.3. The second-order valence-electron chi connectivity index (χ2n) is 9.93. The Labute approximate surface area is 299 Å². The van der Waals surface area contributed by atoms with Crippen molar-refractivity contribution in [2.75, 3.05) is 20.8 Å². The monoisotopic (exact) mass is 877 g/mol. The SMILES string of the molecule is CCOC(=O)C1=C(C)N=c2s/c(=C\c3cc(Br)cc(I)c3OCc3ccc(C#N)cc3)c(=O)n2[C@@H]1c1cc(OC)c(OC)cc1Br. The van der Waals surface area contributed by atoms with Crippen molar-refractivity contribution in [2.24, 2.45) is 4.99 Å². The van der Waals surface area contributed by atoms with Crippen molar-refractivity contribution in [1.82, 2.24) is 4.57 Å². The van der Waals surface area contributed by atoms with E-state index in [1.165, 1.54) is 30.1 Å². The van der Waals surface area contributed by atoms with Gasteiger partial charge in [0.2, 0.25) is 0 Å². The average molecular weight is 879 g/mol. The van der Waals surface area contributed by atoms with Crippen LogP contribution in [0, 0.1) is 14.9 Å². The molecule has 9 nitrogen and oxygen atoms in total. The van der Waals surface area contributed by atoms with Crippen LogP contribution in [-0.4, -0.2) is 31.4 Å². The average Bonchev–Trinajstić information content (AvgIpc) is 3.33. The number of aromatic nitrogens is 1. The maximum atomic E-state index is 14.3. The molecule has 0 saturated heterocycles. The molecule has 3 aromatic carbocycles. The summed E-state index contributed by atoms with van der Waals surface area (Å²) in [7, 11) is 3.06. The zero-order valence-corrected chi connectivity index (χ0v) is 31.2. The first kappa shape index (κ1) is 33.9. The summed E-state index contributed by atoms with van der Waals surface area (Å²) in [5, 5.41) is 9.12. The highest BCUT2D eigenvalue weighted by atomic mass is 127. The zero-order chi connectivity index (χ0) is 33.1. The third-order valence-corrected chi connectivity index (χ3v) is 10.0. The van der Waals surface area contributed by atoms with Crippen LogP contribution in [0.5, 0.6) is 17.2 Å². The van der Waals surface area contributed by atoms with Gasteiger partial charge >= 0.3 is 5.97 Å². The number of thiazole rings is 1. The van der Waals surface area contributed by atoms with Gasteiger partial charge in [-0.15, -0.1) is 0 Å². The van der Waals surface area contributed by atoms with Gasteiger partial charge in [0.05, 0.1) is 57.9 Å². The molecule has 46 heavy (non-hydrogen) atoms. The summed E-state index contributed by atoms with van der Waals surface area (Å²) in [6.07, 6.45) is 1.77. The van der Waals surface area contributed by atoms with Gasteiger partial charge in [0.25, 0.3) is 5.56 Å². The highest BCUT2D eigenvalue weighted by Crippen LogP contribution is 2.41. The maximum Gasteiger partial charge on any atom is 0.338 e. The Bertz CT molecular complexity index is 2100. The highest BCUT2D eigenvalue weighted by molar-refractivity contribution is 14.1. The molecule has 0 N–H and O–H groups in total. The van der Waals surface area contributed by atoms with Gasteiger partial charge in [0.1, 0.15) is 12.4 Å². The number of carbonyl (C=O) groups excluding carboxylic acids is 1. The van der Waals surface area contributed by atoms with E-state index in [0.29, 0.717) is 53.4 Å². The van der Waals surface area contributed by atoms with Gasteiger partial charge < -0.3 is 18.9 Å². The van der Waals surface area contributed by atoms with Crippen molar-refractivity contribution in [3.05, 3.63) is 114 Å². The molecule has 0 spiro atoms. The molecule has 0 bridgehead atoms. The lowest BCUT2D eigenvalue weighted by molar-refractivity contribution is -0.139. The molecule has 1 aliphatic rings. The summed E-state index contributed by atoms with van der Waals surface area (Å²) in [5.74, 6) is 0.960.